The van der Waals surface area contributed by atoms with Gasteiger partial charge in [0.2, 0.25) is 0 Å². The molecule has 1 N–H and O–H groups in total. The van der Waals surface area contributed by atoms with Crippen molar-refractivity contribution in [3.8, 4) is 6.07 Å². The van der Waals surface area contributed by atoms with Crippen molar-refractivity contribution in [1.82, 2.24) is 0 Å². The number of nitrogens with one attached hydrogen (secondary N) is 1. The molecule has 4 heteroatoms. The van der Waals surface area contributed by atoms with E-state index in [0.717, 1.165) is 36.2 Å². The predicted molar refractivity (Wildman–Crippen MR) is 77.7 cm³/mol. The third-order valence-corrected chi connectivity index (χ3v) is 3.12. The summed E-state index contributed by atoms with van der Waals surface area (Å²) in [6, 6.07) is 7.92. The minimum absolute atomic E-state index is 0.299. The zero-order valence-corrected chi connectivity index (χ0v) is 12.5. The third-order valence-electron chi connectivity index (χ3n) is 2.46. The van der Waals surface area contributed by atoms with Crippen LogP contribution in [0.1, 0.15) is 32.3 Å². The first-order valence-electron chi connectivity index (χ1n) is 6.19. The average molecular weight is 311 g/mol. The van der Waals surface area contributed by atoms with Crippen molar-refractivity contribution in [2.75, 3.05) is 18.5 Å². The summed E-state index contributed by atoms with van der Waals surface area (Å²) in [5.74, 6) is 0. The van der Waals surface area contributed by atoms with Gasteiger partial charge in [0.25, 0.3) is 0 Å². The lowest BCUT2D eigenvalue weighted by molar-refractivity contribution is 0.0765. The van der Waals surface area contributed by atoms with Crippen LogP contribution in [-0.4, -0.2) is 19.3 Å². The number of anilines is 1. The number of hydrogen-bond acceptors (Lipinski definition) is 3. The van der Waals surface area contributed by atoms with Crippen molar-refractivity contribution in [2.45, 2.75) is 32.8 Å². The fourth-order valence-electron chi connectivity index (χ4n) is 1.55. The molecule has 0 heterocycles. The van der Waals surface area contributed by atoms with Crippen molar-refractivity contribution < 1.29 is 4.74 Å². The largest absolute Gasteiger partial charge is 0.384 e. The highest BCUT2D eigenvalue weighted by Gasteiger charge is 2.04. The van der Waals surface area contributed by atoms with E-state index in [2.05, 4.69) is 27.3 Å². The van der Waals surface area contributed by atoms with Gasteiger partial charge in [-0.2, -0.15) is 5.26 Å². The molecule has 0 unspecified atom stereocenters. The Morgan fingerprint density at radius 2 is 2.17 bits per heavy atom. The van der Waals surface area contributed by atoms with E-state index in [1.54, 1.807) is 0 Å². The Bertz CT molecular complexity index is 413. The van der Waals surface area contributed by atoms with Crippen LogP contribution >= 0.6 is 15.9 Å². The molecular formula is C14H19BrN2O. The van der Waals surface area contributed by atoms with Crippen molar-refractivity contribution in [2.24, 2.45) is 0 Å². The first-order chi connectivity index (χ1) is 8.65. The number of rotatable bonds is 7. The van der Waals surface area contributed by atoms with Crippen LogP contribution < -0.4 is 5.32 Å². The summed E-state index contributed by atoms with van der Waals surface area (Å²) in [5.41, 5.74) is 1.55. The van der Waals surface area contributed by atoms with Crippen molar-refractivity contribution in [3.63, 3.8) is 0 Å². The molecule has 0 amide bonds. The minimum atomic E-state index is 0.299. The number of halogens is 1. The maximum absolute atomic E-state index is 9.06. The number of hydrogen-bond donors (Lipinski definition) is 1. The van der Waals surface area contributed by atoms with E-state index in [1.165, 1.54) is 0 Å². The van der Waals surface area contributed by atoms with Gasteiger partial charge in [0, 0.05) is 17.6 Å². The van der Waals surface area contributed by atoms with Gasteiger partial charge >= 0.3 is 0 Å². The molecule has 1 aromatic rings. The molecule has 0 aliphatic rings. The van der Waals surface area contributed by atoms with Crippen LogP contribution in [0, 0.1) is 11.3 Å². The Morgan fingerprint density at radius 1 is 1.39 bits per heavy atom. The van der Waals surface area contributed by atoms with Crippen LogP contribution in [0.2, 0.25) is 0 Å². The molecule has 18 heavy (non-hydrogen) atoms. The standard InChI is InChI=1S/C14H19BrN2O/c1-11(2)18-9-4-3-8-17-14-7-5-6-13(15)12(14)10-16/h5-7,11,17H,3-4,8-9H2,1-2H3. The van der Waals surface area contributed by atoms with Crippen LogP contribution in [0.5, 0.6) is 0 Å². The van der Waals surface area contributed by atoms with E-state index < -0.39 is 0 Å². The number of nitrogens with zero attached hydrogens (tertiary/aromatic N) is 1. The van der Waals surface area contributed by atoms with Crippen molar-refractivity contribution >= 4 is 21.6 Å². The zero-order valence-electron chi connectivity index (χ0n) is 10.9. The van der Waals surface area contributed by atoms with Crippen LogP contribution in [0.4, 0.5) is 5.69 Å². The maximum atomic E-state index is 9.06. The Morgan fingerprint density at radius 3 is 2.83 bits per heavy atom. The average Bonchev–Trinajstić information content (AvgIpc) is 2.33. The normalized spacial score (nSPS) is 10.4. The lowest BCUT2D eigenvalue weighted by Crippen LogP contribution is -2.07. The molecular weight excluding hydrogens is 292 g/mol. The molecule has 0 saturated carbocycles. The van der Waals surface area contributed by atoms with Gasteiger partial charge in [-0.1, -0.05) is 6.07 Å². The molecule has 3 nitrogen and oxygen atoms in total. The topological polar surface area (TPSA) is 45.0 Å². The Balaban J connectivity index is 2.32. The monoisotopic (exact) mass is 310 g/mol. The van der Waals surface area contributed by atoms with Gasteiger partial charge < -0.3 is 10.1 Å². The first-order valence-corrected chi connectivity index (χ1v) is 6.98. The molecule has 0 atom stereocenters. The molecule has 0 spiro atoms. The van der Waals surface area contributed by atoms with Crippen molar-refractivity contribution in [3.05, 3.63) is 28.2 Å². The second-order valence-electron chi connectivity index (χ2n) is 4.33. The summed E-state index contributed by atoms with van der Waals surface area (Å²) in [6.07, 6.45) is 2.36. The lowest BCUT2D eigenvalue weighted by Gasteiger charge is -2.10. The van der Waals surface area contributed by atoms with Crippen molar-refractivity contribution in [1.29, 1.82) is 5.26 Å². The summed E-state index contributed by atoms with van der Waals surface area (Å²) in [7, 11) is 0. The lowest BCUT2D eigenvalue weighted by atomic mass is 10.2. The SMILES string of the molecule is CC(C)OCCCCNc1cccc(Br)c1C#N. The maximum Gasteiger partial charge on any atom is 0.103 e. The molecule has 0 bridgehead atoms. The van der Waals surface area contributed by atoms with Gasteiger partial charge in [-0.05, 0) is 54.8 Å². The van der Waals surface area contributed by atoms with Crippen LogP contribution in [-0.2, 0) is 4.74 Å². The van der Waals surface area contributed by atoms with E-state index in [0.29, 0.717) is 11.7 Å². The second-order valence-corrected chi connectivity index (χ2v) is 5.18. The fourth-order valence-corrected chi connectivity index (χ4v) is 2.01. The van der Waals surface area contributed by atoms with Gasteiger partial charge in [0.05, 0.1) is 17.4 Å². The Kier molecular flexibility index (Phi) is 6.77. The summed E-state index contributed by atoms with van der Waals surface area (Å²) in [4.78, 5) is 0. The predicted octanol–water partition coefficient (Wildman–Crippen LogP) is 3.94. The first kappa shape index (κ1) is 15.0. The van der Waals surface area contributed by atoms with E-state index in [9.17, 15) is 0 Å². The van der Waals surface area contributed by atoms with Crippen LogP contribution in [0.3, 0.4) is 0 Å². The third kappa shape index (κ3) is 5.07. The highest BCUT2D eigenvalue weighted by Crippen LogP contribution is 2.23. The van der Waals surface area contributed by atoms with E-state index >= 15 is 0 Å². The molecule has 0 saturated heterocycles. The Labute approximate surface area is 117 Å². The summed E-state index contributed by atoms with van der Waals surface area (Å²) in [6.45, 7) is 5.73. The van der Waals surface area contributed by atoms with E-state index in [-0.39, 0.29) is 0 Å². The molecule has 0 aliphatic carbocycles. The zero-order chi connectivity index (χ0) is 13.4. The van der Waals surface area contributed by atoms with E-state index in [4.69, 9.17) is 10.00 Å². The molecule has 1 aromatic carbocycles. The molecule has 98 valence electrons. The molecule has 1 rings (SSSR count). The van der Waals surface area contributed by atoms with Gasteiger partial charge in [0.1, 0.15) is 6.07 Å². The highest BCUT2D eigenvalue weighted by molar-refractivity contribution is 9.10. The minimum Gasteiger partial charge on any atom is -0.384 e. The number of nitriles is 1. The Hall–Kier alpha value is -1.05. The summed E-state index contributed by atoms with van der Waals surface area (Å²) in [5, 5.41) is 12.3. The highest BCUT2D eigenvalue weighted by atomic mass is 79.9. The summed E-state index contributed by atoms with van der Waals surface area (Å²) >= 11 is 3.37. The fraction of sp³-hybridized carbons (Fsp3) is 0.500. The molecule has 0 radical (unpaired) electrons. The van der Waals surface area contributed by atoms with Gasteiger partial charge in [-0.25, -0.2) is 0 Å². The van der Waals surface area contributed by atoms with E-state index in [1.807, 2.05) is 32.0 Å². The van der Waals surface area contributed by atoms with Crippen LogP contribution in [0.25, 0.3) is 0 Å². The molecule has 0 fully saturated rings. The van der Waals surface area contributed by atoms with Gasteiger partial charge in [0.15, 0.2) is 0 Å². The second kappa shape index (κ2) is 8.12. The number of unbranched alkanes of at least 4 members (excludes halogenated alkanes) is 1. The molecule has 0 aliphatic heterocycles. The van der Waals surface area contributed by atoms with Gasteiger partial charge in [-0.3, -0.25) is 0 Å². The number of benzene rings is 1. The smallest absolute Gasteiger partial charge is 0.103 e. The summed E-state index contributed by atoms with van der Waals surface area (Å²) < 4.78 is 6.30. The molecule has 0 aromatic heterocycles. The van der Waals surface area contributed by atoms with Gasteiger partial charge in [-0.15, -0.1) is 0 Å². The quantitative estimate of drug-likeness (QED) is 0.776. The van der Waals surface area contributed by atoms with Crippen LogP contribution in [0.15, 0.2) is 22.7 Å². The number of ether oxygens (including phenoxy) is 1.